The average molecular weight is 218 g/mol. The molecule has 0 aliphatic carbocycles. The van der Waals surface area contributed by atoms with E-state index in [4.69, 9.17) is 0 Å². The molecule has 1 aliphatic heterocycles. The Balaban J connectivity index is 1.88. The van der Waals surface area contributed by atoms with Crippen molar-refractivity contribution < 1.29 is 4.79 Å². The number of nitrogens with one attached hydrogen (secondary N) is 1. The molecule has 0 amide bonds. The Morgan fingerprint density at radius 1 is 1.38 bits per heavy atom. The molecule has 2 rings (SSSR count). The predicted molar refractivity (Wildman–Crippen MR) is 64.2 cm³/mol. The Morgan fingerprint density at radius 3 is 2.94 bits per heavy atom. The van der Waals surface area contributed by atoms with E-state index in [2.05, 4.69) is 34.5 Å². The van der Waals surface area contributed by atoms with Gasteiger partial charge in [-0.25, -0.2) is 0 Å². The van der Waals surface area contributed by atoms with E-state index in [0.717, 1.165) is 32.5 Å². The van der Waals surface area contributed by atoms with Crippen LogP contribution in [0.4, 0.5) is 0 Å². The van der Waals surface area contributed by atoms with Gasteiger partial charge in [0.2, 0.25) is 0 Å². The van der Waals surface area contributed by atoms with Gasteiger partial charge >= 0.3 is 0 Å². The van der Waals surface area contributed by atoms with Gasteiger partial charge in [-0.1, -0.05) is 30.3 Å². The molecule has 1 aliphatic rings. The molecule has 0 bridgehead atoms. The standard InChI is InChI=1S/C13H18N2O/c16-9-6-13-11-15(8-7-14-13)10-12-4-2-1-3-5-12/h1-5,9,13-14H,6-8,10-11H2/t13-/m0/s1. The van der Waals surface area contributed by atoms with Crippen molar-refractivity contribution in [1.29, 1.82) is 0 Å². The topological polar surface area (TPSA) is 32.3 Å². The molecule has 1 heterocycles. The maximum Gasteiger partial charge on any atom is 0.121 e. The number of carbonyl (C=O) groups excluding carboxylic acids is 1. The van der Waals surface area contributed by atoms with E-state index < -0.39 is 0 Å². The van der Waals surface area contributed by atoms with Crippen LogP contribution >= 0.6 is 0 Å². The van der Waals surface area contributed by atoms with Crippen LogP contribution in [0.3, 0.4) is 0 Å². The van der Waals surface area contributed by atoms with Gasteiger partial charge in [-0.2, -0.15) is 0 Å². The molecule has 1 saturated heterocycles. The molecule has 0 aromatic heterocycles. The van der Waals surface area contributed by atoms with Crippen molar-refractivity contribution in [3.8, 4) is 0 Å². The lowest BCUT2D eigenvalue weighted by Gasteiger charge is -2.32. The summed E-state index contributed by atoms with van der Waals surface area (Å²) in [7, 11) is 0. The van der Waals surface area contributed by atoms with Crippen LogP contribution in [0.2, 0.25) is 0 Å². The van der Waals surface area contributed by atoms with Crippen molar-refractivity contribution in [2.45, 2.75) is 19.0 Å². The van der Waals surface area contributed by atoms with E-state index in [9.17, 15) is 4.79 Å². The van der Waals surface area contributed by atoms with Gasteiger partial charge in [0.15, 0.2) is 0 Å². The Bertz CT molecular complexity index is 326. The van der Waals surface area contributed by atoms with Crippen LogP contribution in [0.1, 0.15) is 12.0 Å². The Morgan fingerprint density at radius 2 is 2.19 bits per heavy atom. The Labute approximate surface area is 96.5 Å². The van der Waals surface area contributed by atoms with E-state index in [1.807, 2.05) is 6.07 Å². The zero-order chi connectivity index (χ0) is 11.2. The third-order valence-electron chi connectivity index (χ3n) is 2.97. The van der Waals surface area contributed by atoms with E-state index in [1.165, 1.54) is 5.56 Å². The molecular weight excluding hydrogens is 200 g/mol. The summed E-state index contributed by atoms with van der Waals surface area (Å²) in [5.41, 5.74) is 1.34. The lowest BCUT2D eigenvalue weighted by molar-refractivity contribution is -0.108. The molecule has 0 saturated carbocycles. The fourth-order valence-electron chi connectivity index (χ4n) is 2.15. The van der Waals surface area contributed by atoms with Crippen molar-refractivity contribution >= 4 is 6.29 Å². The summed E-state index contributed by atoms with van der Waals surface area (Å²) in [5, 5.41) is 3.36. The van der Waals surface area contributed by atoms with Gasteiger partial charge in [-0.3, -0.25) is 4.90 Å². The zero-order valence-electron chi connectivity index (χ0n) is 9.43. The minimum absolute atomic E-state index is 0.329. The highest BCUT2D eigenvalue weighted by atomic mass is 16.1. The minimum Gasteiger partial charge on any atom is -0.311 e. The molecular formula is C13H18N2O. The van der Waals surface area contributed by atoms with Crippen molar-refractivity contribution in [2.75, 3.05) is 19.6 Å². The minimum atomic E-state index is 0.329. The first-order valence-corrected chi connectivity index (χ1v) is 5.82. The first kappa shape index (κ1) is 11.3. The number of hydrogen-bond donors (Lipinski definition) is 1. The average Bonchev–Trinajstić information content (AvgIpc) is 2.31. The predicted octanol–water partition coefficient (Wildman–Crippen LogP) is 1.05. The smallest absolute Gasteiger partial charge is 0.121 e. The molecule has 1 aromatic carbocycles. The van der Waals surface area contributed by atoms with Gasteiger partial charge in [-0.05, 0) is 5.56 Å². The molecule has 1 atom stereocenters. The SMILES string of the molecule is O=CC[C@H]1CN(Cc2ccccc2)CCN1. The maximum absolute atomic E-state index is 10.5. The molecule has 1 fully saturated rings. The number of benzene rings is 1. The number of piperazine rings is 1. The molecule has 0 radical (unpaired) electrons. The van der Waals surface area contributed by atoms with Crippen LogP contribution in [0, 0.1) is 0 Å². The van der Waals surface area contributed by atoms with Gasteiger partial charge in [0, 0.05) is 38.6 Å². The quantitative estimate of drug-likeness (QED) is 0.767. The molecule has 1 N–H and O–H groups in total. The second-order valence-corrected chi connectivity index (χ2v) is 4.27. The Kier molecular flexibility index (Phi) is 4.08. The van der Waals surface area contributed by atoms with Gasteiger partial charge in [0.25, 0.3) is 0 Å². The highest BCUT2D eigenvalue weighted by molar-refractivity contribution is 5.50. The first-order valence-electron chi connectivity index (χ1n) is 5.82. The van der Waals surface area contributed by atoms with Crippen molar-refractivity contribution in [3.63, 3.8) is 0 Å². The van der Waals surface area contributed by atoms with Gasteiger partial charge in [0.1, 0.15) is 6.29 Å². The maximum atomic E-state index is 10.5. The molecule has 16 heavy (non-hydrogen) atoms. The van der Waals surface area contributed by atoms with E-state index in [-0.39, 0.29) is 0 Å². The molecule has 3 nitrogen and oxygen atoms in total. The fourth-order valence-corrected chi connectivity index (χ4v) is 2.15. The van der Waals surface area contributed by atoms with Crippen LogP contribution in [0.5, 0.6) is 0 Å². The van der Waals surface area contributed by atoms with Gasteiger partial charge < -0.3 is 10.1 Å². The normalized spacial score (nSPS) is 21.9. The second kappa shape index (κ2) is 5.77. The van der Waals surface area contributed by atoms with Crippen LogP contribution in [0.25, 0.3) is 0 Å². The first-order chi connectivity index (χ1) is 7.88. The van der Waals surface area contributed by atoms with E-state index in [1.54, 1.807) is 0 Å². The van der Waals surface area contributed by atoms with E-state index in [0.29, 0.717) is 12.5 Å². The van der Waals surface area contributed by atoms with Crippen molar-refractivity contribution in [2.24, 2.45) is 0 Å². The number of carbonyl (C=O) groups is 1. The van der Waals surface area contributed by atoms with Crippen molar-refractivity contribution in [1.82, 2.24) is 10.2 Å². The van der Waals surface area contributed by atoms with Crippen LogP contribution in [0.15, 0.2) is 30.3 Å². The summed E-state index contributed by atoms with van der Waals surface area (Å²) in [6.07, 6.45) is 1.62. The second-order valence-electron chi connectivity index (χ2n) is 4.27. The third kappa shape index (κ3) is 3.15. The van der Waals surface area contributed by atoms with Crippen LogP contribution in [-0.2, 0) is 11.3 Å². The molecule has 86 valence electrons. The van der Waals surface area contributed by atoms with Gasteiger partial charge in [0.05, 0.1) is 0 Å². The van der Waals surface area contributed by atoms with Gasteiger partial charge in [-0.15, -0.1) is 0 Å². The molecule has 1 aromatic rings. The molecule has 0 spiro atoms. The number of nitrogens with zero attached hydrogens (tertiary/aromatic N) is 1. The lowest BCUT2D eigenvalue weighted by Crippen LogP contribution is -2.50. The summed E-state index contributed by atoms with van der Waals surface area (Å²) < 4.78 is 0. The zero-order valence-corrected chi connectivity index (χ0v) is 9.43. The van der Waals surface area contributed by atoms with Crippen LogP contribution in [-0.4, -0.2) is 36.9 Å². The number of rotatable bonds is 4. The summed E-state index contributed by atoms with van der Waals surface area (Å²) >= 11 is 0. The summed E-state index contributed by atoms with van der Waals surface area (Å²) in [4.78, 5) is 12.9. The summed E-state index contributed by atoms with van der Waals surface area (Å²) in [6.45, 7) is 3.99. The molecule has 0 unspecified atom stereocenters. The highest BCUT2D eigenvalue weighted by Gasteiger charge is 2.18. The summed E-state index contributed by atoms with van der Waals surface area (Å²) in [5.74, 6) is 0. The number of aldehydes is 1. The number of hydrogen-bond acceptors (Lipinski definition) is 3. The fraction of sp³-hybridized carbons (Fsp3) is 0.462. The van der Waals surface area contributed by atoms with E-state index >= 15 is 0 Å². The summed E-state index contributed by atoms with van der Waals surface area (Å²) in [6, 6.07) is 10.8. The third-order valence-corrected chi connectivity index (χ3v) is 2.97. The Hall–Kier alpha value is -1.19. The largest absolute Gasteiger partial charge is 0.311 e. The molecule has 3 heteroatoms. The van der Waals surface area contributed by atoms with Crippen LogP contribution < -0.4 is 5.32 Å². The monoisotopic (exact) mass is 218 g/mol. The highest BCUT2D eigenvalue weighted by Crippen LogP contribution is 2.08. The lowest BCUT2D eigenvalue weighted by atomic mass is 10.1. The van der Waals surface area contributed by atoms with Crippen molar-refractivity contribution in [3.05, 3.63) is 35.9 Å².